The molecule has 3 heterocycles. The van der Waals surface area contributed by atoms with Crippen molar-refractivity contribution in [2.45, 2.75) is 116 Å². The van der Waals surface area contributed by atoms with Crippen molar-refractivity contribution in [3.63, 3.8) is 0 Å². The lowest BCUT2D eigenvalue weighted by molar-refractivity contribution is -0.139. The second kappa shape index (κ2) is 13.6. The van der Waals surface area contributed by atoms with Crippen LogP contribution in [-0.2, 0) is 22.3 Å². The van der Waals surface area contributed by atoms with Gasteiger partial charge in [-0.1, -0.05) is 12.5 Å². The number of carbonyl (C=O) groups excluding carboxylic acids is 2. The Morgan fingerprint density at radius 2 is 1.63 bits per heavy atom. The highest BCUT2D eigenvalue weighted by Crippen LogP contribution is 2.28. The van der Waals surface area contributed by atoms with E-state index in [9.17, 15) is 22.8 Å². The van der Waals surface area contributed by atoms with Crippen molar-refractivity contribution >= 4 is 18.0 Å². The molecule has 0 unspecified atom stereocenters. The normalized spacial score (nSPS) is 18.0. The SMILES string of the molecule is CC(C)(C)OC(=O)N1CC[C@@H](N(CCCCCc2ccc3c(n2)N(C(=O)OC(C)(C)C)CCC3)CCC(F)(F)F)C1. The minimum absolute atomic E-state index is 0.0802. The summed E-state index contributed by atoms with van der Waals surface area (Å²) < 4.78 is 50.2. The lowest BCUT2D eigenvalue weighted by Crippen LogP contribution is -2.42. The van der Waals surface area contributed by atoms with Gasteiger partial charge in [-0.05, 0) is 98.2 Å². The first-order valence-corrected chi connectivity index (χ1v) is 14.8. The molecule has 41 heavy (non-hydrogen) atoms. The van der Waals surface area contributed by atoms with Gasteiger partial charge in [-0.2, -0.15) is 13.2 Å². The Hall–Kier alpha value is -2.56. The molecule has 2 aliphatic heterocycles. The summed E-state index contributed by atoms with van der Waals surface area (Å²) in [7, 11) is 0. The lowest BCUT2D eigenvalue weighted by Gasteiger charge is -2.31. The smallest absolute Gasteiger partial charge is 0.416 e. The van der Waals surface area contributed by atoms with Gasteiger partial charge in [-0.3, -0.25) is 9.80 Å². The van der Waals surface area contributed by atoms with Gasteiger partial charge in [0.05, 0.1) is 6.42 Å². The van der Waals surface area contributed by atoms with E-state index in [0.29, 0.717) is 44.8 Å². The molecule has 0 bridgehead atoms. The van der Waals surface area contributed by atoms with Crippen molar-refractivity contribution in [2.24, 2.45) is 0 Å². The van der Waals surface area contributed by atoms with Crippen LogP contribution in [0, 0.1) is 0 Å². The van der Waals surface area contributed by atoms with Gasteiger partial charge in [0, 0.05) is 37.9 Å². The maximum atomic E-state index is 13.1. The van der Waals surface area contributed by atoms with Crippen molar-refractivity contribution in [3.05, 3.63) is 23.4 Å². The highest BCUT2D eigenvalue weighted by atomic mass is 19.4. The second-order valence-electron chi connectivity index (χ2n) is 13.1. The Labute approximate surface area is 242 Å². The number of unbranched alkanes of at least 4 members (excludes halogenated alkanes) is 2. The summed E-state index contributed by atoms with van der Waals surface area (Å²) in [5, 5.41) is 0. The third-order valence-electron chi connectivity index (χ3n) is 7.10. The van der Waals surface area contributed by atoms with Crippen LogP contribution < -0.4 is 4.90 Å². The van der Waals surface area contributed by atoms with E-state index in [0.717, 1.165) is 43.4 Å². The number of hydrogen-bond donors (Lipinski definition) is 0. The fourth-order valence-electron chi connectivity index (χ4n) is 5.19. The summed E-state index contributed by atoms with van der Waals surface area (Å²) in [6.07, 6.45) is -0.432. The number of fused-ring (bicyclic) bond motifs is 1. The third kappa shape index (κ3) is 11.0. The van der Waals surface area contributed by atoms with E-state index >= 15 is 0 Å². The van der Waals surface area contributed by atoms with E-state index in [2.05, 4.69) is 0 Å². The average Bonchev–Trinajstić information content (AvgIpc) is 3.33. The zero-order valence-corrected chi connectivity index (χ0v) is 25.5. The van der Waals surface area contributed by atoms with Crippen LogP contribution in [0.25, 0.3) is 0 Å². The number of hydrogen-bond acceptors (Lipinski definition) is 6. The monoisotopic (exact) mass is 584 g/mol. The molecular weight excluding hydrogens is 537 g/mol. The van der Waals surface area contributed by atoms with Crippen molar-refractivity contribution in [1.82, 2.24) is 14.8 Å². The van der Waals surface area contributed by atoms with Crippen molar-refractivity contribution in [1.29, 1.82) is 0 Å². The molecule has 3 rings (SSSR count). The molecule has 1 fully saturated rings. The highest BCUT2D eigenvalue weighted by Gasteiger charge is 2.35. The largest absolute Gasteiger partial charge is 0.444 e. The molecular formula is C30H47F3N4O4. The van der Waals surface area contributed by atoms with E-state index in [1.807, 2.05) is 37.8 Å². The number of nitrogens with zero attached hydrogens (tertiary/aromatic N) is 4. The van der Waals surface area contributed by atoms with Gasteiger partial charge >= 0.3 is 18.4 Å². The van der Waals surface area contributed by atoms with E-state index in [1.54, 1.807) is 30.6 Å². The minimum Gasteiger partial charge on any atom is -0.444 e. The number of aryl methyl sites for hydroxylation is 2. The fraction of sp³-hybridized carbons (Fsp3) is 0.767. The van der Waals surface area contributed by atoms with Gasteiger partial charge in [0.2, 0.25) is 0 Å². The molecule has 0 aromatic carbocycles. The molecule has 1 aromatic heterocycles. The molecule has 0 aliphatic carbocycles. The fourth-order valence-corrected chi connectivity index (χ4v) is 5.19. The first kappa shape index (κ1) is 32.9. The lowest BCUT2D eigenvalue weighted by atomic mass is 10.0. The van der Waals surface area contributed by atoms with Gasteiger partial charge in [-0.25, -0.2) is 14.6 Å². The topological polar surface area (TPSA) is 75.2 Å². The van der Waals surface area contributed by atoms with Crippen LogP contribution in [0.3, 0.4) is 0 Å². The summed E-state index contributed by atoms with van der Waals surface area (Å²) >= 11 is 0. The van der Waals surface area contributed by atoms with E-state index in [1.165, 1.54) is 0 Å². The summed E-state index contributed by atoms with van der Waals surface area (Å²) in [5.41, 5.74) is 0.707. The van der Waals surface area contributed by atoms with Crippen LogP contribution >= 0.6 is 0 Å². The van der Waals surface area contributed by atoms with Crippen molar-refractivity contribution < 1.29 is 32.2 Å². The predicted octanol–water partition coefficient (Wildman–Crippen LogP) is 6.75. The van der Waals surface area contributed by atoms with Crippen molar-refractivity contribution in [3.8, 4) is 0 Å². The summed E-state index contributed by atoms with van der Waals surface area (Å²) in [4.78, 5) is 35.1. The molecule has 0 radical (unpaired) electrons. The minimum atomic E-state index is -4.23. The maximum absolute atomic E-state index is 13.1. The summed E-state index contributed by atoms with van der Waals surface area (Å²) in [6, 6.07) is 3.91. The Morgan fingerprint density at radius 1 is 0.951 bits per heavy atom. The predicted molar refractivity (Wildman–Crippen MR) is 152 cm³/mol. The van der Waals surface area contributed by atoms with Crippen molar-refractivity contribution in [2.75, 3.05) is 37.6 Å². The van der Waals surface area contributed by atoms with Gasteiger partial charge < -0.3 is 14.4 Å². The number of halogens is 3. The van der Waals surface area contributed by atoms with Gasteiger partial charge in [0.1, 0.15) is 17.0 Å². The van der Waals surface area contributed by atoms with E-state index in [4.69, 9.17) is 14.5 Å². The third-order valence-corrected chi connectivity index (χ3v) is 7.10. The van der Waals surface area contributed by atoms with Crippen LogP contribution in [-0.4, -0.2) is 83.1 Å². The second-order valence-corrected chi connectivity index (χ2v) is 13.1. The molecule has 8 nitrogen and oxygen atoms in total. The molecule has 11 heteroatoms. The van der Waals surface area contributed by atoms with Crippen LogP contribution in [0.15, 0.2) is 12.1 Å². The number of aromatic nitrogens is 1. The first-order chi connectivity index (χ1) is 19.0. The molecule has 232 valence electrons. The number of amides is 2. The standard InChI is InChI=1S/C30H47F3N4O4/c1-28(2,3)40-26(38)36-19-15-24(21-36)35(20-16-30(31,32)33)17-9-7-8-12-23-14-13-22-11-10-18-37(25(22)34-23)27(39)41-29(4,5)6/h13-14,24H,7-12,15-21H2,1-6H3/t24-/m1/s1. The number of alkyl halides is 3. The first-order valence-electron chi connectivity index (χ1n) is 14.8. The summed E-state index contributed by atoms with van der Waals surface area (Å²) in [6.45, 7) is 12.8. The van der Waals surface area contributed by atoms with Crippen LogP contribution in [0.2, 0.25) is 0 Å². The quantitative estimate of drug-likeness (QED) is 0.299. The number of carbonyl (C=O) groups is 2. The molecule has 2 amide bonds. The van der Waals surface area contributed by atoms with E-state index < -0.39 is 29.9 Å². The Balaban J connectivity index is 1.53. The molecule has 1 aromatic rings. The number of anilines is 1. The number of pyridine rings is 1. The molecule has 2 aliphatic rings. The highest BCUT2D eigenvalue weighted by molar-refractivity contribution is 5.88. The number of likely N-dealkylation sites (tertiary alicyclic amines) is 1. The number of ether oxygens (including phenoxy) is 2. The summed E-state index contributed by atoms with van der Waals surface area (Å²) in [5.74, 6) is 0.664. The molecule has 0 spiro atoms. The van der Waals surface area contributed by atoms with Gasteiger partial charge in [-0.15, -0.1) is 0 Å². The van der Waals surface area contributed by atoms with Crippen LogP contribution in [0.1, 0.15) is 91.3 Å². The molecule has 1 atom stereocenters. The van der Waals surface area contributed by atoms with Crippen LogP contribution in [0.4, 0.5) is 28.6 Å². The zero-order valence-electron chi connectivity index (χ0n) is 25.5. The molecule has 0 saturated carbocycles. The van der Waals surface area contributed by atoms with Crippen LogP contribution in [0.5, 0.6) is 0 Å². The van der Waals surface area contributed by atoms with Gasteiger partial charge in [0.25, 0.3) is 0 Å². The maximum Gasteiger partial charge on any atom is 0.416 e. The van der Waals surface area contributed by atoms with Gasteiger partial charge in [0.15, 0.2) is 0 Å². The van der Waals surface area contributed by atoms with E-state index in [-0.39, 0.29) is 18.7 Å². The molecule has 1 saturated heterocycles. The molecule has 0 N–H and O–H groups in total. The zero-order chi connectivity index (χ0) is 30.4. The average molecular weight is 585 g/mol. The Morgan fingerprint density at radius 3 is 2.29 bits per heavy atom. The number of rotatable bonds is 9. The Kier molecular flexibility index (Phi) is 10.9. The Bertz CT molecular complexity index is 1040.